The lowest BCUT2D eigenvalue weighted by atomic mass is 9.84. The van der Waals surface area contributed by atoms with Crippen molar-refractivity contribution < 1.29 is 9.21 Å². The Bertz CT molecular complexity index is 808. The quantitative estimate of drug-likeness (QED) is 0.660. The molecule has 0 spiro atoms. The molecule has 30 heavy (non-hydrogen) atoms. The van der Waals surface area contributed by atoms with E-state index in [0.717, 1.165) is 25.6 Å². The summed E-state index contributed by atoms with van der Waals surface area (Å²) in [7, 11) is 1.98. The van der Waals surface area contributed by atoms with Crippen LogP contribution >= 0.6 is 11.8 Å². The summed E-state index contributed by atoms with van der Waals surface area (Å²) in [4.78, 5) is 18.0. The van der Waals surface area contributed by atoms with Crippen LogP contribution in [0.1, 0.15) is 47.4 Å². The molecule has 2 saturated heterocycles. The van der Waals surface area contributed by atoms with Gasteiger partial charge in [-0.25, -0.2) is 0 Å². The Morgan fingerprint density at radius 2 is 1.83 bits per heavy atom. The molecular weight excluding hydrogens is 392 g/mol. The Morgan fingerprint density at radius 1 is 1.13 bits per heavy atom. The number of hydrogen-bond acceptors (Lipinski definition) is 4. The van der Waals surface area contributed by atoms with E-state index in [-0.39, 0.29) is 11.9 Å². The van der Waals surface area contributed by atoms with Gasteiger partial charge >= 0.3 is 0 Å². The van der Waals surface area contributed by atoms with Crippen molar-refractivity contribution in [2.45, 2.75) is 51.1 Å². The molecule has 1 amide bonds. The van der Waals surface area contributed by atoms with Gasteiger partial charge in [-0.2, -0.15) is 11.8 Å². The molecule has 4 nitrogen and oxygen atoms in total. The molecule has 1 unspecified atom stereocenters. The van der Waals surface area contributed by atoms with Crippen LogP contribution in [0.5, 0.6) is 0 Å². The molecule has 1 aromatic carbocycles. The van der Waals surface area contributed by atoms with Crippen molar-refractivity contribution in [1.82, 2.24) is 9.80 Å². The van der Waals surface area contributed by atoms with Crippen LogP contribution < -0.4 is 0 Å². The first-order chi connectivity index (χ1) is 14.6. The van der Waals surface area contributed by atoms with E-state index in [1.807, 2.05) is 18.9 Å². The number of benzene rings is 1. The molecule has 1 atom stereocenters. The van der Waals surface area contributed by atoms with Gasteiger partial charge in [-0.15, -0.1) is 0 Å². The summed E-state index contributed by atoms with van der Waals surface area (Å²) in [5, 5.41) is 0. The summed E-state index contributed by atoms with van der Waals surface area (Å²) < 4.78 is 5.40. The fourth-order valence-electron chi connectivity index (χ4n) is 5.14. The first-order valence-electron chi connectivity index (χ1n) is 11.3. The van der Waals surface area contributed by atoms with Crippen molar-refractivity contribution in [2.24, 2.45) is 5.92 Å². The third-order valence-corrected chi connectivity index (χ3v) is 8.07. The maximum Gasteiger partial charge on any atom is 0.257 e. The van der Waals surface area contributed by atoms with Crippen LogP contribution in [0.3, 0.4) is 0 Å². The second-order valence-electron chi connectivity index (χ2n) is 8.78. The van der Waals surface area contributed by atoms with E-state index in [2.05, 4.69) is 47.0 Å². The van der Waals surface area contributed by atoms with Crippen LogP contribution in [0.4, 0.5) is 0 Å². The monoisotopic (exact) mass is 426 g/mol. The van der Waals surface area contributed by atoms with E-state index in [0.29, 0.717) is 17.2 Å². The second-order valence-corrected chi connectivity index (χ2v) is 10.0. The summed E-state index contributed by atoms with van der Waals surface area (Å²) in [6, 6.07) is 13.4. The van der Waals surface area contributed by atoms with Crippen LogP contribution in [0.2, 0.25) is 0 Å². The van der Waals surface area contributed by atoms with Crippen molar-refractivity contribution in [1.29, 1.82) is 0 Å². The maximum absolute atomic E-state index is 13.3. The van der Waals surface area contributed by atoms with Gasteiger partial charge in [0.25, 0.3) is 5.91 Å². The van der Waals surface area contributed by atoms with Crippen LogP contribution in [0.25, 0.3) is 0 Å². The van der Waals surface area contributed by atoms with Crippen LogP contribution in [-0.2, 0) is 6.42 Å². The van der Waals surface area contributed by atoms with Gasteiger partial charge in [-0.05, 0) is 81.2 Å². The predicted molar refractivity (Wildman–Crippen MR) is 124 cm³/mol. The number of aryl methyl sites for hydroxylation is 1. The number of rotatable bonds is 6. The third kappa shape index (κ3) is 4.94. The molecule has 162 valence electrons. The minimum absolute atomic E-state index is 0.0777. The Labute approximate surface area is 185 Å². The highest BCUT2D eigenvalue weighted by Crippen LogP contribution is 2.31. The number of nitrogens with zero attached hydrogens (tertiary/aromatic N) is 2. The molecule has 2 aliphatic heterocycles. The van der Waals surface area contributed by atoms with Gasteiger partial charge in [-0.1, -0.05) is 30.3 Å². The lowest BCUT2D eigenvalue weighted by Gasteiger charge is -2.43. The van der Waals surface area contributed by atoms with Gasteiger partial charge in [-0.3, -0.25) is 4.79 Å². The molecule has 0 N–H and O–H groups in total. The number of hydrogen-bond donors (Lipinski definition) is 0. The Kier molecular flexibility index (Phi) is 7.21. The minimum Gasteiger partial charge on any atom is -0.469 e. The molecule has 0 bridgehead atoms. The van der Waals surface area contributed by atoms with Gasteiger partial charge in [0, 0.05) is 19.1 Å². The maximum atomic E-state index is 13.3. The molecule has 0 aliphatic carbocycles. The topological polar surface area (TPSA) is 36.7 Å². The highest BCUT2D eigenvalue weighted by molar-refractivity contribution is 7.99. The highest BCUT2D eigenvalue weighted by atomic mass is 32.2. The second kappa shape index (κ2) is 10.1. The van der Waals surface area contributed by atoms with Gasteiger partial charge in [0.2, 0.25) is 0 Å². The summed E-state index contributed by atoms with van der Waals surface area (Å²) in [5.74, 6) is 3.93. The van der Waals surface area contributed by atoms with Crippen molar-refractivity contribution >= 4 is 17.7 Å². The lowest BCUT2D eigenvalue weighted by molar-refractivity contribution is 0.0534. The molecule has 4 rings (SSSR count). The van der Waals surface area contributed by atoms with E-state index < -0.39 is 0 Å². The lowest BCUT2D eigenvalue weighted by Crippen LogP contribution is -2.49. The molecule has 0 saturated carbocycles. The first-order valence-corrected chi connectivity index (χ1v) is 12.5. The zero-order chi connectivity index (χ0) is 20.9. The normalized spacial score (nSPS) is 20.2. The van der Waals surface area contributed by atoms with Gasteiger partial charge in [0.15, 0.2) is 0 Å². The summed E-state index contributed by atoms with van der Waals surface area (Å²) in [6.45, 7) is 4.20. The fraction of sp³-hybridized carbons (Fsp3) is 0.560. The van der Waals surface area contributed by atoms with Crippen molar-refractivity contribution in [3.8, 4) is 0 Å². The zero-order valence-corrected chi connectivity index (χ0v) is 19.1. The number of thioether (sulfide) groups is 1. The number of piperidine rings is 1. The van der Waals surface area contributed by atoms with Crippen LogP contribution in [-0.4, -0.2) is 59.4 Å². The predicted octanol–water partition coefficient (Wildman–Crippen LogP) is 4.88. The molecular formula is C25H34N2O2S. The molecule has 2 fully saturated rings. The first kappa shape index (κ1) is 21.5. The van der Waals surface area contributed by atoms with E-state index in [9.17, 15) is 4.79 Å². The third-order valence-electron chi connectivity index (χ3n) is 7.02. The standard InChI is InChI=1S/C25H34N2O2S/c1-19-23(10-15-29-19)25(28)26(2)24(18-20-6-4-3-5-7-20)21-8-13-27(14-9-21)22-11-16-30-17-12-22/h3-7,10,15,21-22,24H,8-9,11-14,16-18H2,1-2H3. The molecule has 2 aromatic rings. The smallest absolute Gasteiger partial charge is 0.257 e. The number of carbonyl (C=O) groups excluding carboxylic acids is 1. The molecule has 1 aromatic heterocycles. The van der Waals surface area contributed by atoms with E-state index in [4.69, 9.17) is 4.42 Å². The van der Waals surface area contributed by atoms with Crippen molar-refractivity contribution in [3.05, 3.63) is 59.5 Å². The number of furan rings is 1. The average molecular weight is 427 g/mol. The number of likely N-dealkylation sites (tertiary alicyclic amines) is 1. The van der Waals surface area contributed by atoms with Crippen molar-refractivity contribution in [3.63, 3.8) is 0 Å². The summed E-state index contributed by atoms with van der Waals surface area (Å²) in [5.41, 5.74) is 1.99. The van der Waals surface area contributed by atoms with Gasteiger partial charge in [0.1, 0.15) is 5.76 Å². The summed E-state index contributed by atoms with van der Waals surface area (Å²) >= 11 is 2.10. The zero-order valence-electron chi connectivity index (χ0n) is 18.3. The van der Waals surface area contributed by atoms with Crippen LogP contribution in [0, 0.1) is 12.8 Å². The Balaban J connectivity index is 1.47. The van der Waals surface area contributed by atoms with Gasteiger partial charge in [0.05, 0.1) is 11.8 Å². The number of likely N-dealkylation sites (N-methyl/N-ethyl adjacent to an activating group) is 1. The van der Waals surface area contributed by atoms with E-state index >= 15 is 0 Å². The highest BCUT2D eigenvalue weighted by Gasteiger charge is 2.34. The SMILES string of the molecule is Cc1occc1C(=O)N(C)C(Cc1ccccc1)C1CCN(C2CCSCC2)CC1. The average Bonchev–Trinajstić information content (AvgIpc) is 3.24. The van der Waals surface area contributed by atoms with Crippen LogP contribution in [0.15, 0.2) is 47.1 Å². The Hall–Kier alpha value is -1.72. The molecule has 5 heteroatoms. The number of amides is 1. The van der Waals surface area contributed by atoms with Gasteiger partial charge < -0.3 is 14.2 Å². The molecule has 0 radical (unpaired) electrons. The Morgan fingerprint density at radius 3 is 2.47 bits per heavy atom. The fourth-order valence-corrected chi connectivity index (χ4v) is 6.22. The van der Waals surface area contributed by atoms with E-state index in [1.165, 1.54) is 42.8 Å². The number of carbonyl (C=O) groups is 1. The van der Waals surface area contributed by atoms with E-state index in [1.54, 1.807) is 12.3 Å². The van der Waals surface area contributed by atoms with Crippen molar-refractivity contribution in [2.75, 3.05) is 31.6 Å². The largest absolute Gasteiger partial charge is 0.469 e. The summed E-state index contributed by atoms with van der Waals surface area (Å²) in [6.07, 6.45) is 7.53. The minimum atomic E-state index is 0.0777. The molecule has 2 aliphatic rings. The molecule has 3 heterocycles.